The summed E-state index contributed by atoms with van der Waals surface area (Å²) < 4.78 is 26.1. The molecule has 3 heteroatoms. The number of nitrogens with zero attached hydrogens (tertiary/aromatic N) is 1. The second-order valence-corrected chi connectivity index (χ2v) is 4.82. The van der Waals surface area contributed by atoms with Gasteiger partial charge >= 0.3 is 0 Å². The first kappa shape index (κ1) is 15.2. The van der Waals surface area contributed by atoms with Crippen molar-refractivity contribution in [2.24, 2.45) is 0 Å². The molecule has 0 spiro atoms. The van der Waals surface area contributed by atoms with Gasteiger partial charge in [-0.3, -0.25) is 4.98 Å². The summed E-state index contributed by atoms with van der Waals surface area (Å²) in [4.78, 5) is 4.24. The molecule has 1 aromatic carbocycles. The third-order valence-corrected chi connectivity index (χ3v) is 3.12. The molecule has 0 fully saturated rings. The van der Waals surface area contributed by atoms with E-state index in [0.29, 0.717) is 11.3 Å². The van der Waals surface area contributed by atoms with Crippen molar-refractivity contribution in [2.45, 2.75) is 32.6 Å². The lowest BCUT2D eigenvalue weighted by molar-refractivity contribution is 0.509. The molecule has 1 nitrogen and oxygen atoms in total. The monoisotopic (exact) mass is 285 g/mol. The zero-order chi connectivity index (χ0) is 15.1. The molecule has 1 aromatic heterocycles. The molecule has 0 aliphatic carbocycles. The quantitative estimate of drug-likeness (QED) is 0.571. The Morgan fingerprint density at radius 3 is 2.57 bits per heavy atom. The first-order valence-electron chi connectivity index (χ1n) is 7.11. The van der Waals surface area contributed by atoms with Crippen LogP contribution in [0.5, 0.6) is 0 Å². The maximum absolute atomic E-state index is 13.2. The van der Waals surface area contributed by atoms with E-state index < -0.39 is 11.6 Å². The summed E-state index contributed by atoms with van der Waals surface area (Å²) in [6, 6.07) is 7.37. The molecule has 0 saturated carbocycles. The number of unbranched alkanes of at least 4 members (excludes halogenated alkanes) is 3. The molecule has 0 aliphatic rings. The first-order valence-corrected chi connectivity index (χ1v) is 7.11. The Bertz CT molecular complexity index is 651. The fourth-order valence-corrected chi connectivity index (χ4v) is 1.92. The van der Waals surface area contributed by atoms with Gasteiger partial charge in [-0.05, 0) is 36.8 Å². The number of benzene rings is 1. The highest BCUT2D eigenvalue weighted by atomic mass is 19.2. The minimum atomic E-state index is -0.867. The number of aromatic nitrogens is 1. The highest BCUT2D eigenvalue weighted by molar-refractivity contribution is 5.59. The number of rotatable bonds is 4. The van der Waals surface area contributed by atoms with Gasteiger partial charge in [0, 0.05) is 23.7 Å². The van der Waals surface area contributed by atoms with Gasteiger partial charge in [0.2, 0.25) is 0 Å². The summed E-state index contributed by atoms with van der Waals surface area (Å²) >= 11 is 0. The van der Waals surface area contributed by atoms with Crippen LogP contribution < -0.4 is 0 Å². The molecule has 21 heavy (non-hydrogen) atoms. The van der Waals surface area contributed by atoms with Crippen molar-refractivity contribution in [3.8, 4) is 23.1 Å². The van der Waals surface area contributed by atoms with Crippen LogP contribution in [0.3, 0.4) is 0 Å². The summed E-state index contributed by atoms with van der Waals surface area (Å²) in [5.74, 6) is 4.45. The topological polar surface area (TPSA) is 12.9 Å². The Hall–Kier alpha value is -2.21. The lowest BCUT2D eigenvalue weighted by atomic mass is 10.1. The van der Waals surface area contributed by atoms with Crippen molar-refractivity contribution in [3.63, 3.8) is 0 Å². The van der Waals surface area contributed by atoms with E-state index >= 15 is 0 Å². The van der Waals surface area contributed by atoms with E-state index in [9.17, 15) is 8.78 Å². The van der Waals surface area contributed by atoms with Gasteiger partial charge in [-0.1, -0.05) is 31.6 Å². The van der Waals surface area contributed by atoms with Gasteiger partial charge in [0.25, 0.3) is 0 Å². The van der Waals surface area contributed by atoms with Crippen LogP contribution in [0.15, 0.2) is 36.5 Å². The van der Waals surface area contributed by atoms with Crippen molar-refractivity contribution in [2.75, 3.05) is 0 Å². The van der Waals surface area contributed by atoms with Gasteiger partial charge in [-0.15, -0.1) is 0 Å². The van der Waals surface area contributed by atoms with Crippen molar-refractivity contribution >= 4 is 0 Å². The van der Waals surface area contributed by atoms with E-state index in [-0.39, 0.29) is 0 Å². The summed E-state index contributed by atoms with van der Waals surface area (Å²) in [6.07, 6.45) is 6.04. The van der Waals surface area contributed by atoms with Gasteiger partial charge in [0.1, 0.15) is 0 Å². The lowest BCUT2D eigenvalue weighted by Crippen LogP contribution is -1.88. The summed E-state index contributed by atoms with van der Waals surface area (Å²) in [5, 5.41) is 0. The lowest BCUT2D eigenvalue weighted by Gasteiger charge is -2.01. The van der Waals surface area contributed by atoms with Crippen molar-refractivity contribution < 1.29 is 8.78 Å². The molecule has 0 saturated heterocycles. The molecule has 1 heterocycles. The van der Waals surface area contributed by atoms with E-state index in [0.717, 1.165) is 30.5 Å². The van der Waals surface area contributed by atoms with Crippen molar-refractivity contribution in [3.05, 3.63) is 53.7 Å². The summed E-state index contributed by atoms with van der Waals surface area (Å²) in [6.45, 7) is 2.16. The SMILES string of the molecule is CCCCCC#Cc1ccc(-c2ccc(F)c(F)c2)nc1. The zero-order valence-electron chi connectivity index (χ0n) is 12.0. The molecule has 0 bridgehead atoms. The average molecular weight is 285 g/mol. The number of halogens is 2. The van der Waals surface area contributed by atoms with Gasteiger partial charge in [0.05, 0.1) is 5.69 Å². The van der Waals surface area contributed by atoms with Crippen LogP contribution in [0.25, 0.3) is 11.3 Å². The Labute approximate surface area is 124 Å². The van der Waals surface area contributed by atoms with Crippen LogP contribution in [-0.4, -0.2) is 4.98 Å². The third kappa shape index (κ3) is 4.39. The van der Waals surface area contributed by atoms with E-state index in [1.54, 1.807) is 12.3 Å². The maximum Gasteiger partial charge on any atom is 0.159 e. The second-order valence-electron chi connectivity index (χ2n) is 4.82. The first-order chi connectivity index (χ1) is 10.2. The Morgan fingerprint density at radius 1 is 1.05 bits per heavy atom. The third-order valence-electron chi connectivity index (χ3n) is 3.12. The molecule has 0 amide bonds. The van der Waals surface area contributed by atoms with Crippen LogP contribution >= 0.6 is 0 Å². The number of hydrogen-bond donors (Lipinski definition) is 0. The van der Waals surface area contributed by atoms with Crippen molar-refractivity contribution in [1.82, 2.24) is 4.98 Å². The fraction of sp³-hybridized carbons (Fsp3) is 0.278. The average Bonchev–Trinajstić information content (AvgIpc) is 2.50. The summed E-state index contributed by atoms with van der Waals surface area (Å²) in [5.41, 5.74) is 1.99. The van der Waals surface area contributed by atoms with E-state index in [1.807, 2.05) is 6.07 Å². The predicted molar refractivity (Wildman–Crippen MR) is 80.6 cm³/mol. The summed E-state index contributed by atoms with van der Waals surface area (Å²) in [7, 11) is 0. The minimum absolute atomic E-state index is 0.552. The minimum Gasteiger partial charge on any atom is -0.255 e. The molecule has 108 valence electrons. The highest BCUT2D eigenvalue weighted by Crippen LogP contribution is 2.19. The normalized spacial score (nSPS) is 10.0. The van der Waals surface area contributed by atoms with Crippen LogP contribution in [0, 0.1) is 23.5 Å². The molecule has 0 N–H and O–H groups in total. The molecule has 2 aromatic rings. The van der Waals surface area contributed by atoms with Gasteiger partial charge < -0.3 is 0 Å². The molecule has 0 aliphatic heterocycles. The Balaban J connectivity index is 2.06. The standard InChI is InChI=1S/C18H17F2N/c1-2-3-4-5-6-7-14-8-11-18(21-13-14)15-9-10-16(19)17(20)12-15/h8-13H,2-5H2,1H3. The highest BCUT2D eigenvalue weighted by Gasteiger charge is 2.05. The molecule has 0 radical (unpaired) electrons. The van der Waals surface area contributed by atoms with Gasteiger partial charge in [0.15, 0.2) is 11.6 Å². The van der Waals surface area contributed by atoms with E-state index in [1.165, 1.54) is 18.9 Å². The smallest absolute Gasteiger partial charge is 0.159 e. The molecule has 2 rings (SSSR count). The zero-order valence-corrected chi connectivity index (χ0v) is 12.0. The molecular weight excluding hydrogens is 268 g/mol. The largest absolute Gasteiger partial charge is 0.255 e. The Kier molecular flexibility index (Phi) is 5.45. The molecule has 0 atom stereocenters. The number of pyridine rings is 1. The number of hydrogen-bond acceptors (Lipinski definition) is 1. The van der Waals surface area contributed by atoms with Crippen LogP contribution in [0.4, 0.5) is 8.78 Å². The molecule has 0 unspecified atom stereocenters. The predicted octanol–water partition coefficient (Wildman–Crippen LogP) is 4.96. The van der Waals surface area contributed by atoms with Crippen LogP contribution in [-0.2, 0) is 0 Å². The van der Waals surface area contributed by atoms with Crippen LogP contribution in [0.1, 0.15) is 38.2 Å². The maximum atomic E-state index is 13.2. The fourth-order valence-electron chi connectivity index (χ4n) is 1.92. The van der Waals surface area contributed by atoms with E-state index in [4.69, 9.17) is 0 Å². The molecular formula is C18H17F2N. The Morgan fingerprint density at radius 2 is 1.90 bits per heavy atom. The van der Waals surface area contributed by atoms with Crippen LogP contribution in [0.2, 0.25) is 0 Å². The van der Waals surface area contributed by atoms with Crippen molar-refractivity contribution in [1.29, 1.82) is 0 Å². The van der Waals surface area contributed by atoms with Gasteiger partial charge in [-0.2, -0.15) is 0 Å². The van der Waals surface area contributed by atoms with Gasteiger partial charge in [-0.25, -0.2) is 8.78 Å². The second kappa shape index (κ2) is 7.54. The van der Waals surface area contributed by atoms with E-state index in [2.05, 4.69) is 23.7 Å².